The molecule has 0 fully saturated rings. The van der Waals surface area contributed by atoms with Gasteiger partial charge in [0.05, 0.1) is 0 Å². The lowest BCUT2D eigenvalue weighted by Gasteiger charge is -2.18. The molecule has 0 aromatic carbocycles. The third kappa shape index (κ3) is 63.6. The number of unbranched alkanes of at least 4 members (excludes halogenated alkanes) is 38. The average molecular weight is 1080 g/mol. The van der Waals surface area contributed by atoms with Crippen molar-refractivity contribution in [3.05, 3.63) is 72.9 Å². The molecule has 0 N–H and O–H groups in total. The maximum absolute atomic E-state index is 12.9. The second kappa shape index (κ2) is 65.4. The molecule has 0 heterocycles. The molecule has 0 bridgehead atoms. The summed E-state index contributed by atoms with van der Waals surface area (Å²) in [4.78, 5) is 38.4. The fourth-order valence-corrected chi connectivity index (χ4v) is 9.71. The van der Waals surface area contributed by atoms with Gasteiger partial charge in [-0.25, -0.2) is 0 Å². The zero-order valence-electron chi connectivity index (χ0n) is 51.2. The number of allylic oxidation sites excluding steroid dienone is 12. The second-order valence-corrected chi connectivity index (χ2v) is 22.4. The van der Waals surface area contributed by atoms with Crippen molar-refractivity contribution in [2.24, 2.45) is 0 Å². The van der Waals surface area contributed by atoms with Crippen molar-refractivity contribution in [3.8, 4) is 0 Å². The number of hydrogen-bond donors (Lipinski definition) is 0. The van der Waals surface area contributed by atoms with E-state index in [2.05, 4.69) is 93.7 Å². The van der Waals surface area contributed by atoms with Gasteiger partial charge in [0.15, 0.2) is 6.10 Å². The Morgan fingerprint density at radius 3 is 0.857 bits per heavy atom. The number of carbonyl (C=O) groups excluding carboxylic acids is 3. The number of carbonyl (C=O) groups is 3. The first-order valence-corrected chi connectivity index (χ1v) is 33.4. The number of rotatable bonds is 61. The molecule has 0 aromatic rings. The van der Waals surface area contributed by atoms with Crippen molar-refractivity contribution in [1.29, 1.82) is 0 Å². The van der Waals surface area contributed by atoms with Crippen molar-refractivity contribution in [1.82, 2.24) is 0 Å². The van der Waals surface area contributed by atoms with Gasteiger partial charge < -0.3 is 14.2 Å². The summed E-state index contributed by atoms with van der Waals surface area (Å²) in [6.45, 7) is 6.53. The van der Waals surface area contributed by atoms with E-state index in [9.17, 15) is 14.4 Å². The first-order chi connectivity index (χ1) is 38.0. The van der Waals surface area contributed by atoms with E-state index in [0.717, 1.165) is 77.0 Å². The Balaban J connectivity index is 4.39. The molecule has 0 saturated heterocycles. The molecule has 0 aromatic heterocycles. The van der Waals surface area contributed by atoms with Crippen LogP contribution in [0.3, 0.4) is 0 Å². The molecule has 0 amide bonds. The third-order valence-corrected chi connectivity index (χ3v) is 14.7. The maximum atomic E-state index is 12.9. The highest BCUT2D eigenvalue weighted by atomic mass is 16.6. The van der Waals surface area contributed by atoms with E-state index < -0.39 is 6.10 Å². The van der Waals surface area contributed by atoms with Crippen LogP contribution in [0.25, 0.3) is 0 Å². The maximum Gasteiger partial charge on any atom is 0.306 e. The largest absolute Gasteiger partial charge is 0.462 e. The number of hydrogen-bond acceptors (Lipinski definition) is 6. The minimum absolute atomic E-state index is 0.0898. The van der Waals surface area contributed by atoms with Gasteiger partial charge in [-0.2, -0.15) is 0 Å². The lowest BCUT2D eigenvalue weighted by atomic mass is 10.0. The Bertz CT molecular complexity index is 1420. The fraction of sp³-hybridized carbons (Fsp3) is 0.789. The Labute approximate surface area is 478 Å². The van der Waals surface area contributed by atoms with Gasteiger partial charge in [0.1, 0.15) is 13.2 Å². The van der Waals surface area contributed by atoms with Crippen molar-refractivity contribution in [2.75, 3.05) is 13.2 Å². The molecule has 6 heteroatoms. The topological polar surface area (TPSA) is 78.9 Å². The van der Waals surface area contributed by atoms with Gasteiger partial charge in [0, 0.05) is 19.3 Å². The summed E-state index contributed by atoms with van der Waals surface area (Å²) in [6.07, 6.45) is 84.9. The van der Waals surface area contributed by atoms with Gasteiger partial charge in [0.2, 0.25) is 0 Å². The minimum atomic E-state index is -0.799. The molecule has 0 aliphatic heterocycles. The predicted molar refractivity (Wildman–Crippen MR) is 335 cm³/mol. The van der Waals surface area contributed by atoms with Crippen LogP contribution in [0.5, 0.6) is 0 Å². The van der Waals surface area contributed by atoms with Crippen molar-refractivity contribution in [3.63, 3.8) is 0 Å². The highest BCUT2D eigenvalue weighted by Gasteiger charge is 2.19. The summed E-state index contributed by atoms with van der Waals surface area (Å²) in [7, 11) is 0. The Morgan fingerprint density at radius 2 is 0.519 bits per heavy atom. The van der Waals surface area contributed by atoms with E-state index in [1.165, 1.54) is 218 Å². The molecule has 0 rings (SSSR count). The summed E-state index contributed by atoms with van der Waals surface area (Å²) in [5.41, 5.74) is 0. The third-order valence-electron chi connectivity index (χ3n) is 14.7. The molecule has 0 spiro atoms. The molecular weight excluding hydrogens is 949 g/mol. The Morgan fingerprint density at radius 1 is 0.273 bits per heavy atom. The van der Waals surface area contributed by atoms with Crippen LogP contribution < -0.4 is 0 Å². The summed E-state index contributed by atoms with van der Waals surface area (Å²) >= 11 is 0. The molecule has 0 saturated carbocycles. The quantitative estimate of drug-likeness (QED) is 0.0261. The first-order valence-electron chi connectivity index (χ1n) is 33.4. The summed E-state index contributed by atoms with van der Waals surface area (Å²) < 4.78 is 16.9. The smallest absolute Gasteiger partial charge is 0.306 e. The van der Waals surface area contributed by atoms with E-state index >= 15 is 0 Å². The van der Waals surface area contributed by atoms with E-state index in [-0.39, 0.29) is 37.5 Å². The zero-order valence-corrected chi connectivity index (χ0v) is 51.2. The monoisotopic (exact) mass is 1070 g/mol. The van der Waals surface area contributed by atoms with Gasteiger partial charge >= 0.3 is 17.9 Å². The van der Waals surface area contributed by atoms with Gasteiger partial charge in [-0.05, 0) is 83.5 Å². The molecular formula is C71H126O6. The van der Waals surface area contributed by atoms with Crippen LogP contribution in [0.1, 0.15) is 342 Å². The number of ether oxygens (including phenoxy) is 3. The molecule has 0 radical (unpaired) electrons. The predicted octanol–water partition coefficient (Wildman–Crippen LogP) is 22.9. The molecule has 0 aliphatic carbocycles. The Hall–Kier alpha value is -3.15. The lowest BCUT2D eigenvalue weighted by molar-refractivity contribution is -0.167. The van der Waals surface area contributed by atoms with Gasteiger partial charge in [-0.3, -0.25) is 14.4 Å². The van der Waals surface area contributed by atoms with Crippen LogP contribution in [0.2, 0.25) is 0 Å². The van der Waals surface area contributed by atoms with E-state index in [0.29, 0.717) is 19.3 Å². The van der Waals surface area contributed by atoms with Crippen LogP contribution in [-0.2, 0) is 28.6 Å². The second-order valence-electron chi connectivity index (χ2n) is 22.4. The molecule has 77 heavy (non-hydrogen) atoms. The zero-order chi connectivity index (χ0) is 55.7. The molecule has 1 atom stereocenters. The normalized spacial score (nSPS) is 12.5. The highest BCUT2D eigenvalue weighted by Crippen LogP contribution is 2.17. The minimum Gasteiger partial charge on any atom is -0.462 e. The van der Waals surface area contributed by atoms with Crippen LogP contribution >= 0.6 is 0 Å². The van der Waals surface area contributed by atoms with Crippen molar-refractivity contribution < 1.29 is 28.6 Å². The van der Waals surface area contributed by atoms with Crippen molar-refractivity contribution >= 4 is 17.9 Å². The van der Waals surface area contributed by atoms with E-state index in [1.807, 2.05) is 0 Å². The summed E-state index contributed by atoms with van der Waals surface area (Å²) in [5, 5.41) is 0. The lowest BCUT2D eigenvalue weighted by Crippen LogP contribution is -2.30. The molecule has 0 unspecified atom stereocenters. The molecule has 6 nitrogen and oxygen atoms in total. The summed E-state index contributed by atoms with van der Waals surface area (Å²) in [5.74, 6) is -0.932. The number of esters is 3. The fourth-order valence-electron chi connectivity index (χ4n) is 9.71. The highest BCUT2D eigenvalue weighted by molar-refractivity contribution is 5.71. The van der Waals surface area contributed by atoms with E-state index in [1.54, 1.807) is 0 Å². The van der Waals surface area contributed by atoms with Crippen LogP contribution in [0, 0.1) is 0 Å². The van der Waals surface area contributed by atoms with Gasteiger partial charge in [-0.1, -0.05) is 312 Å². The first kappa shape index (κ1) is 73.8. The molecule has 446 valence electrons. The van der Waals surface area contributed by atoms with Crippen LogP contribution in [0.15, 0.2) is 72.9 Å². The Kier molecular flexibility index (Phi) is 62.7. The summed E-state index contributed by atoms with van der Waals surface area (Å²) in [6, 6.07) is 0. The van der Waals surface area contributed by atoms with Gasteiger partial charge in [0.25, 0.3) is 0 Å². The van der Waals surface area contributed by atoms with E-state index in [4.69, 9.17) is 14.2 Å². The SMILES string of the molecule is CC/C=C\C/C=C\C/C=C\C/C=C\C/C=C\CCCC(=O)OC[C@H](COC(=O)CCCCCCCCCCCCCCCCCCCCCCC)OC(=O)CCCCCCCCCCCCC/C=C\CCCCCCCC. The average Bonchev–Trinajstić information content (AvgIpc) is 3.43. The standard InChI is InChI=1S/C71H126O6/c1-4-7-10-13-16-19-22-25-28-31-33-35-37-40-43-46-49-52-55-58-61-64-70(73)76-67-68(66-75-69(72)63-60-57-54-51-48-45-42-39-30-27-24-21-18-15-12-9-6-3)77-71(74)65-62-59-56-53-50-47-44-41-38-36-34-32-29-26-23-20-17-14-11-8-5-2/h9,12,18,21,26-27,29-30,42,45,51,54,68H,4-8,10-11,13-17,19-20,22-25,28,31-41,43-44,46-50,52-53,55-67H2,1-3H3/b12-9-,21-18-,29-26-,30-27-,45-42-,54-51-/t68-/m1/s1. The van der Waals surface area contributed by atoms with Crippen LogP contribution in [-0.4, -0.2) is 37.2 Å². The van der Waals surface area contributed by atoms with Crippen molar-refractivity contribution in [2.45, 2.75) is 348 Å². The molecule has 0 aliphatic rings. The van der Waals surface area contributed by atoms with Gasteiger partial charge in [-0.15, -0.1) is 0 Å². The van der Waals surface area contributed by atoms with Crippen LogP contribution in [0.4, 0.5) is 0 Å².